The number of hydrogen-bond acceptors (Lipinski definition) is 7. The molecule has 1 aliphatic rings. The smallest absolute Gasteiger partial charge is 0.350 e. The summed E-state index contributed by atoms with van der Waals surface area (Å²) in [5.74, 6) is -1.65. The van der Waals surface area contributed by atoms with Crippen molar-refractivity contribution >= 4 is 23.2 Å². The number of thiazole rings is 1. The molecule has 0 saturated carbocycles. The largest absolute Gasteiger partial charge is 0.457 e. The van der Waals surface area contributed by atoms with Crippen LogP contribution in [-0.2, 0) is 16.0 Å². The molecule has 0 saturated heterocycles. The Bertz CT molecular complexity index is 1020. The van der Waals surface area contributed by atoms with E-state index in [1.54, 1.807) is 25.5 Å². The summed E-state index contributed by atoms with van der Waals surface area (Å²) in [6.07, 6.45) is 4.57. The Morgan fingerprint density at radius 1 is 1.26 bits per heavy atom. The molecule has 2 atom stereocenters. The van der Waals surface area contributed by atoms with Crippen LogP contribution in [0.5, 0.6) is 0 Å². The van der Waals surface area contributed by atoms with E-state index in [0.717, 1.165) is 11.1 Å². The molecule has 4 rings (SSSR count). The molecular weight excluding hydrogens is 364 g/mol. The molecule has 8 heteroatoms. The van der Waals surface area contributed by atoms with Gasteiger partial charge < -0.3 is 10.5 Å². The molecule has 0 bridgehead atoms. The number of hydrogen-bond donors (Lipinski definition) is 1. The quantitative estimate of drug-likeness (QED) is 0.696. The Labute approximate surface area is 159 Å². The number of aromatic nitrogens is 3. The van der Waals surface area contributed by atoms with Crippen molar-refractivity contribution < 1.29 is 14.3 Å². The molecule has 1 aliphatic carbocycles. The average Bonchev–Trinajstić information content (AvgIpc) is 3.22. The fourth-order valence-corrected chi connectivity index (χ4v) is 4.21. The minimum absolute atomic E-state index is 0.384. The number of carbonyl (C=O) groups is 2. The third-order valence-corrected chi connectivity index (χ3v) is 5.67. The number of ether oxygens (including phenoxy) is 1. The third kappa shape index (κ3) is 3.19. The highest BCUT2D eigenvalue weighted by Gasteiger charge is 2.39. The van der Waals surface area contributed by atoms with Crippen LogP contribution in [0.15, 0.2) is 42.9 Å². The molecule has 3 aromatic rings. The van der Waals surface area contributed by atoms with Crippen LogP contribution in [0.2, 0.25) is 0 Å². The normalized spacial score (nSPS) is 18.1. The highest BCUT2D eigenvalue weighted by atomic mass is 32.1. The Balaban J connectivity index is 1.58. The molecule has 136 valence electrons. The van der Waals surface area contributed by atoms with E-state index in [9.17, 15) is 9.59 Å². The standard InChI is InChI=1S/C19H16N4O3S/c1-10-16(27-18(23-10)13-9-21-6-7-22-13)19(25)26-14-8-11-4-2-3-5-12(11)15(14)17(20)24/h2-7,9,14-15H,8H2,1H3,(H2,20,24). The number of primary amides is 1. The van der Waals surface area contributed by atoms with Crippen LogP contribution in [0, 0.1) is 6.92 Å². The van der Waals surface area contributed by atoms with Gasteiger partial charge in [0, 0.05) is 18.8 Å². The number of carbonyl (C=O) groups excluding carboxylic acids is 2. The molecule has 27 heavy (non-hydrogen) atoms. The third-order valence-electron chi connectivity index (χ3n) is 4.51. The summed E-state index contributed by atoms with van der Waals surface area (Å²) in [4.78, 5) is 37.7. The molecule has 2 N–H and O–H groups in total. The monoisotopic (exact) mass is 380 g/mol. The molecule has 0 fully saturated rings. The summed E-state index contributed by atoms with van der Waals surface area (Å²) in [7, 11) is 0. The molecule has 2 heterocycles. The molecule has 0 aliphatic heterocycles. The minimum Gasteiger partial charge on any atom is -0.457 e. The lowest BCUT2D eigenvalue weighted by molar-refractivity contribution is -0.121. The SMILES string of the molecule is Cc1nc(-c2cnccn2)sc1C(=O)OC1Cc2ccccc2C1C(N)=O. The van der Waals surface area contributed by atoms with E-state index in [4.69, 9.17) is 10.5 Å². The number of amides is 1. The van der Waals surface area contributed by atoms with E-state index < -0.39 is 23.9 Å². The van der Waals surface area contributed by atoms with Gasteiger partial charge in [0.2, 0.25) is 5.91 Å². The van der Waals surface area contributed by atoms with Gasteiger partial charge in [0.05, 0.1) is 11.9 Å². The number of aryl methyl sites for hydroxylation is 1. The fourth-order valence-electron chi connectivity index (χ4n) is 3.30. The van der Waals surface area contributed by atoms with Gasteiger partial charge in [-0.2, -0.15) is 0 Å². The molecule has 1 amide bonds. The Kier molecular flexibility index (Phi) is 4.41. The average molecular weight is 380 g/mol. The summed E-state index contributed by atoms with van der Waals surface area (Å²) in [5, 5.41) is 0.591. The van der Waals surface area contributed by atoms with Crippen molar-refractivity contribution in [3.63, 3.8) is 0 Å². The van der Waals surface area contributed by atoms with Crippen molar-refractivity contribution in [2.45, 2.75) is 25.4 Å². The first kappa shape index (κ1) is 17.3. The predicted molar refractivity (Wildman–Crippen MR) is 99.2 cm³/mol. The van der Waals surface area contributed by atoms with Gasteiger partial charge in [-0.05, 0) is 18.1 Å². The maximum Gasteiger partial charge on any atom is 0.350 e. The Morgan fingerprint density at radius 2 is 2.07 bits per heavy atom. The zero-order valence-electron chi connectivity index (χ0n) is 14.5. The number of rotatable bonds is 4. The summed E-state index contributed by atoms with van der Waals surface area (Å²) in [6.45, 7) is 1.74. The summed E-state index contributed by atoms with van der Waals surface area (Å²) >= 11 is 1.19. The first-order chi connectivity index (χ1) is 13.0. The first-order valence-corrected chi connectivity index (χ1v) is 9.18. The number of benzene rings is 1. The number of fused-ring (bicyclic) bond motifs is 1. The zero-order chi connectivity index (χ0) is 19.0. The van der Waals surface area contributed by atoms with Gasteiger partial charge in [-0.15, -0.1) is 11.3 Å². The number of nitrogens with two attached hydrogens (primary N) is 1. The Hall–Kier alpha value is -3.13. The van der Waals surface area contributed by atoms with Gasteiger partial charge in [0.15, 0.2) is 0 Å². The van der Waals surface area contributed by atoms with Gasteiger partial charge in [-0.1, -0.05) is 24.3 Å². The van der Waals surface area contributed by atoms with Gasteiger partial charge in [-0.3, -0.25) is 14.8 Å². The second kappa shape index (κ2) is 6.88. The van der Waals surface area contributed by atoms with Gasteiger partial charge >= 0.3 is 5.97 Å². The van der Waals surface area contributed by atoms with E-state index in [1.807, 2.05) is 24.3 Å². The highest BCUT2D eigenvalue weighted by molar-refractivity contribution is 7.17. The summed E-state index contributed by atoms with van der Waals surface area (Å²) in [6, 6.07) is 7.51. The van der Waals surface area contributed by atoms with Crippen LogP contribution in [0.25, 0.3) is 10.7 Å². The van der Waals surface area contributed by atoms with Crippen LogP contribution in [0.1, 0.15) is 32.4 Å². The van der Waals surface area contributed by atoms with Crippen LogP contribution >= 0.6 is 11.3 Å². The van der Waals surface area contributed by atoms with Crippen LogP contribution < -0.4 is 5.73 Å². The van der Waals surface area contributed by atoms with E-state index in [-0.39, 0.29) is 0 Å². The maximum absolute atomic E-state index is 12.7. The van der Waals surface area contributed by atoms with Crippen LogP contribution in [-0.4, -0.2) is 32.9 Å². The van der Waals surface area contributed by atoms with Crippen molar-refractivity contribution in [3.05, 3.63) is 64.6 Å². The van der Waals surface area contributed by atoms with Crippen LogP contribution in [0.3, 0.4) is 0 Å². The lowest BCUT2D eigenvalue weighted by Crippen LogP contribution is -2.32. The molecule has 0 radical (unpaired) electrons. The lowest BCUT2D eigenvalue weighted by Gasteiger charge is -2.17. The van der Waals surface area contributed by atoms with Crippen molar-refractivity contribution in [2.75, 3.05) is 0 Å². The Morgan fingerprint density at radius 3 is 2.81 bits per heavy atom. The highest BCUT2D eigenvalue weighted by Crippen LogP contribution is 2.36. The van der Waals surface area contributed by atoms with Crippen molar-refractivity contribution in [2.24, 2.45) is 5.73 Å². The van der Waals surface area contributed by atoms with Gasteiger partial charge in [0.1, 0.15) is 27.6 Å². The topological polar surface area (TPSA) is 108 Å². The van der Waals surface area contributed by atoms with Crippen LogP contribution in [0.4, 0.5) is 0 Å². The maximum atomic E-state index is 12.7. The molecule has 2 aromatic heterocycles. The van der Waals surface area contributed by atoms with E-state index in [2.05, 4.69) is 15.0 Å². The molecule has 1 aromatic carbocycles. The number of esters is 1. The molecular formula is C19H16N4O3S. The predicted octanol–water partition coefficient (Wildman–Crippen LogP) is 2.26. The summed E-state index contributed by atoms with van der Waals surface area (Å²) in [5.41, 5.74) is 8.51. The summed E-state index contributed by atoms with van der Waals surface area (Å²) < 4.78 is 5.68. The second-order valence-corrected chi connectivity index (χ2v) is 7.25. The molecule has 7 nitrogen and oxygen atoms in total. The second-order valence-electron chi connectivity index (χ2n) is 6.25. The van der Waals surface area contributed by atoms with Gasteiger partial charge in [0.25, 0.3) is 0 Å². The molecule has 0 spiro atoms. The van der Waals surface area contributed by atoms with E-state index in [1.165, 1.54) is 11.3 Å². The van der Waals surface area contributed by atoms with Crippen molar-refractivity contribution in [1.29, 1.82) is 0 Å². The number of nitrogens with zero attached hydrogens (tertiary/aromatic N) is 3. The first-order valence-electron chi connectivity index (χ1n) is 8.36. The zero-order valence-corrected chi connectivity index (χ0v) is 15.3. The minimum atomic E-state index is -0.641. The van der Waals surface area contributed by atoms with Gasteiger partial charge in [-0.25, -0.2) is 9.78 Å². The fraction of sp³-hybridized carbons (Fsp3) is 0.211. The van der Waals surface area contributed by atoms with Crippen molar-refractivity contribution in [1.82, 2.24) is 15.0 Å². The van der Waals surface area contributed by atoms with E-state index in [0.29, 0.717) is 27.7 Å². The van der Waals surface area contributed by atoms with Crippen molar-refractivity contribution in [3.8, 4) is 10.7 Å². The van der Waals surface area contributed by atoms with E-state index >= 15 is 0 Å². The molecule has 2 unspecified atom stereocenters. The lowest BCUT2D eigenvalue weighted by atomic mass is 9.99.